The van der Waals surface area contributed by atoms with E-state index < -0.39 is 22.1 Å². The molecule has 0 radical (unpaired) electrons. The monoisotopic (exact) mass is 453 g/mol. The maximum atomic E-state index is 13.0. The summed E-state index contributed by atoms with van der Waals surface area (Å²) >= 11 is 12.0. The second-order valence-corrected chi connectivity index (χ2v) is 9.23. The molecule has 152 valence electrons. The van der Waals surface area contributed by atoms with Crippen LogP contribution in [0.1, 0.15) is 17.2 Å². The summed E-state index contributed by atoms with van der Waals surface area (Å²) in [6, 6.07) is 11.6. The van der Waals surface area contributed by atoms with Crippen LogP contribution in [-0.2, 0) is 26.3 Å². The number of hydrogen-bond acceptors (Lipinski definition) is 4. The van der Waals surface area contributed by atoms with Crippen molar-refractivity contribution in [2.45, 2.75) is 12.5 Å². The Kier molecular flexibility index (Phi) is 5.20. The van der Waals surface area contributed by atoms with Crippen LogP contribution in [0.15, 0.2) is 42.5 Å². The molecule has 0 amide bonds. The van der Waals surface area contributed by atoms with E-state index in [1.807, 2.05) is 0 Å². The third-order valence-corrected chi connectivity index (χ3v) is 6.81. The molecule has 1 atom stereocenters. The number of carbonyl (C=O) groups excluding carboxylic acids is 1. The van der Waals surface area contributed by atoms with Gasteiger partial charge in [0.2, 0.25) is 0 Å². The lowest BCUT2D eigenvalue weighted by Gasteiger charge is -2.31. The molecule has 0 saturated heterocycles. The molecule has 0 fully saturated rings. The summed E-state index contributed by atoms with van der Waals surface area (Å²) in [5, 5.41) is 1.81. The number of aromatic nitrogens is 1. The zero-order valence-electron chi connectivity index (χ0n) is 15.3. The molecule has 3 aromatic rings. The minimum atomic E-state index is -3.93. The zero-order valence-corrected chi connectivity index (χ0v) is 17.6. The molecular formula is C19H17Cl2N3O4S. The molecule has 0 saturated carbocycles. The number of benzene rings is 2. The number of ether oxygens (including phenoxy) is 1. The molecule has 29 heavy (non-hydrogen) atoms. The summed E-state index contributed by atoms with van der Waals surface area (Å²) in [5.74, 6) is -1.30. The molecule has 2 aromatic carbocycles. The molecule has 10 heteroatoms. The summed E-state index contributed by atoms with van der Waals surface area (Å²) < 4.78 is 34.6. The number of fused-ring (bicyclic) bond motifs is 3. The number of methoxy groups -OCH3 is 1. The molecule has 4 rings (SSSR count). The van der Waals surface area contributed by atoms with Gasteiger partial charge in [-0.15, -0.1) is 0 Å². The number of nitrogens with zero attached hydrogens (tertiary/aromatic N) is 1. The van der Waals surface area contributed by atoms with E-state index in [0.29, 0.717) is 27.0 Å². The van der Waals surface area contributed by atoms with Crippen molar-refractivity contribution in [3.05, 3.63) is 63.8 Å². The van der Waals surface area contributed by atoms with Crippen molar-refractivity contribution >= 4 is 56.0 Å². The van der Waals surface area contributed by atoms with Crippen LogP contribution in [0.2, 0.25) is 10.0 Å². The summed E-state index contributed by atoms with van der Waals surface area (Å²) in [4.78, 5) is 15.7. The Hall–Kier alpha value is -2.26. The van der Waals surface area contributed by atoms with E-state index in [4.69, 9.17) is 27.9 Å². The van der Waals surface area contributed by atoms with E-state index in [-0.39, 0.29) is 13.1 Å². The SMILES string of the molecule is COC(=O)C1CN(S(=O)(=O)Nc2ccc(Cl)cc2)Cc2[nH]c3ccc(Cl)cc3c21. The summed E-state index contributed by atoms with van der Waals surface area (Å²) in [5.41, 5.74) is 2.49. The van der Waals surface area contributed by atoms with Crippen molar-refractivity contribution < 1.29 is 17.9 Å². The first-order valence-electron chi connectivity index (χ1n) is 8.70. The number of anilines is 1. The van der Waals surface area contributed by atoms with Gasteiger partial charge in [0, 0.05) is 38.9 Å². The van der Waals surface area contributed by atoms with Crippen molar-refractivity contribution in [2.75, 3.05) is 18.4 Å². The van der Waals surface area contributed by atoms with Gasteiger partial charge in [-0.05, 0) is 48.0 Å². The Morgan fingerprint density at radius 2 is 1.86 bits per heavy atom. The zero-order chi connectivity index (χ0) is 20.8. The highest BCUT2D eigenvalue weighted by molar-refractivity contribution is 7.90. The second-order valence-electron chi connectivity index (χ2n) is 6.69. The molecule has 1 aliphatic heterocycles. The van der Waals surface area contributed by atoms with Crippen LogP contribution in [0.3, 0.4) is 0 Å². The van der Waals surface area contributed by atoms with E-state index in [2.05, 4.69) is 9.71 Å². The van der Waals surface area contributed by atoms with Crippen molar-refractivity contribution in [1.29, 1.82) is 0 Å². The van der Waals surface area contributed by atoms with Gasteiger partial charge < -0.3 is 9.72 Å². The molecule has 0 bridgehead atoms. The van der Waals surface area contributed by atoms with E-state index in [1.165, 1.54) is 11.4 Å². The van der Waals surface area contributed by atoms with E-state index in [9.17, 15) is 13.2 Å². The molecule has 1 unspecified atom stereocenters. The van der Waals surface area contributed by atoms with Crippen molar-refractivity contribution in [3.8, 4) is 0 Å². The largest absolute Gasteiger partial charge is 0.469 e. The number of rotatable bonds is 4. The first-order chi connectivity index (χ1) is 13.8. The van der Waals surface area contributed by atoms with Crippen LogP contribution in [0, 0.1) is 0 Å². The number of esters is 1. The summed E-state index contributed by atoms with van der Waals surface area (Å²) in [6.45, 7) is 0.0279. The van der Waals surface area contributed by atoms with Gasteiger partial charge in [-0.3, -0.25) is 9.52 Å². The number of aromatic amines is 1. The van der Waals surface area contributed by atoms with Crippen molar-refractivity contribution in [2.24, 2.45) is 0 Å². The third-order valence-electron chi connectivity index (χ3n) is 4.87. The average Bonchev–Trinajstić information content (AvgIpc) is 3.06. The molecular weight excluding hydrogens is 437 g/mol. The standard InChI is InChI=1S/C19H17Cl2N3O4S/c1-28-19(25)15-9-24(29(26,27)23-13-5-2-11(20)3-6-13)10-17-18(15)14-8-12(21)4-7-16(14)22-17/h2-8,15,22-23H,9-10H2,1H3. The average molecular weight is 454 g/mol. The van der Waals surface area contributed by atoms with Crippen LogP contribution in [-0.4, -0.2) is 37.3 Å². The lowest BCUT2D eigenvalue weighted by molar-refractivity contribution is -0.142. The molecule has 1 aromatic heterocycles. The quantitative estimate of drug-likeness (QED) is 0.585. The van der Waals surface area contributed by atoms with Gasteiger partial charge in [-0.25, -0.2) is 0 Å². The number of nitrogens with one attached hydrogen (secondary N) is 2. The minimum absolute atomic E-state index is 0.0535. The smallest absolute Gasteiger partial charge is 0.314 e. The predicted molar refractivity (Wildman–Crippen MR) is 112 cm³/mol. The highest BCUT2D eigenvalue weighted by Crippen LogP contribution is 2.37. The summed E-state index contributed by atoms with van der Waals surface area (Å²) in [7, 11) is -2.64. The molecule has 7 nitrogen and oxygen atoms in total. The first kappa shape index (κ1) is 20.0. The Morgan fingerprint density at radius 1 is 1.17 bits per heavy atom. The van der Waals surface area contributed by atoms with Gasteiger partial charge in [0.15, 0.2) is 0 Å². The fourth-order valence-corrected chi connectivity index (χ4v) is 5.05. The topological polar surface area (TPSA) is 91.5 Å². The molecule has 2 N–H and O–H groups in total. The molecule has 1 aliphatic rings. The van der Waals surface area contributed by atoms with Crippen LogP contribution < -0.4 is 4.72 Å². The van der Waals surface area contributed by atoms with E-state index in [1.54, 1.807) is 42.5 Å². The van der Waals surface area contributed by atoms with Crippen LogP contribution in [0.5, 0.6) is 0 Å². The second kappa shape index (κ2) is 7.53. The predicted octanol–water partition coefficient (Wildman–Crippen LogP) is 3.90. The first-order valence-corrected chi connectivity index (χ1v) is 10.9. The van der Waals surface area contributed by atoms with Gasteiger partial charge in [-0.1, -0.05) is 23.2 Å². The van der Waals surface area contributed by atoms with Gasteiger partial charge >= 0.3 is 16.2 Å². The maximum absolute atomic E-state index is 13.0. The van der Waals surface area contributed by atoms with Crippen LogP contribution in [0.4, 0.5) is 5.69 Å². The number of hydrogen-bond donors (Lipinski definition) is 2. The van der Waals surface area contributed by atoms with E-state index in [0.717, 1.165) is 10.9 Å². The molecule has 0 spiro atoms. The molecule has 0 aliphatic carbocycles. The minimum Gasteiger partial charge on any atom is -0.469 e. The highest BCUT2D eigenvalue weighted by Gasteiger charge is 2.39. The normalized spacial score (nSPS) is 17.1. The Balaban J connectivity index is 1.73. The molecule has 2 heterocycles. The Morgan fingerprint density at radius 3 is 2.55 bits per heavy atom. The van der Waals surface area contributed by atoms with Crippen LogP contribution >= 0.6 is 23.2 Å². The van der Waals surface area contributed by atoms with Crippen molar-refractivity contribution in [1.82, 2.24) is 9.29 Å². The van der Waals surface area contributed by atoms with Crippen molar-refractivity contribution in [3.63, 3.8) is 0 Å². The fraction of sp³-hybridized carbons (Fsp3) is 0.211. The Labute approximate surface area is 177 Å². The van der Waals surface area contributed by atoms with E-state index >= 15 is 0 Å². The summed E-state index contributed by atoms with van der Waals surface area (Å²) in [6.07, 6.45) is 0. The third kappa shape index (κ3) is 3.81. The Bertz CT molecular complexity index is 1190. The lowest BCUT2D eigenvalue weighted by atomic mass is 9.93. The number of carbonyl (C=O) groups is 1. The van der Waals surface area contributed by atoms with Gasteiger partial charge in [0.25, 0.3) is 0 Å². The number of H-pyrrole nitrogens is 1. The van der Waals surface area contributed by atoms with Gasteiger partial charge in [0.1, 0.15) is 0 Å². The highest BCUT2D eigenvalue weighted by atomic mass is 35.5. The fourth-order valence-electron chi connectivity index (χ4n) is 3.55. The lowest BCUT2D eigenvalue weighted by Crippen LogP contribution is -2.43. The maximum Gasteiger partial charge on any atom is 0.314 e. The van der Waals surface area contributed by atoms with Gasteiger partial charge in [0.05, 0.1) is 19.6 Å². The van der Waals surface area contributed by atoms with Gasteiger partial charge in [-0.2, -0.15) is 12.7 Å². The van der Waals surface area contributed by atoms with Crippen LogP contribution in [0.25, 0.3) is 10.9 Å². The number of halogens is 2.